The number of hydrogen-bond donors (Lipinski definition) is 0. The third-order valence-electron chi connectivity index (χ3n) is 7.76. The molecule has 194 valence electrons. The minimum absolute atomic E-state index is 0. The van der Waals surface area contributed by atoms with Crippen molar-refractivity contribution in [2.75, 3.05) is 6.61 Å². The van der Waals surface area contributed by atoms with Crippen LogP contribution in [0.25, 0.3) is 0 Å². The monoisotopic (exact) mass is 470 g/mol. The molecule has 9 unspecified atom stereocenters. The summed E-state index contributed by atoms with van der Waals surface area (Å²) in [6.45, 7) is 10.5. The Morgan fingerprint density at radius 2 is 1.58 bits per heavy atom. The van der Waals surface area contributed by atoms with Gasteiger partial charge in [0.05, 0.1) is 23.9 Å². The molecule has 2 aliphatic heterocycles. The zero-order chi connectivity index (χ0) is 21.1. The van der Waals surface area contributed by atoms with Crippen LogP contribution in [-0.2, 0) is 28.6 Å². The van der Waals surface area contributed by atoms with Gasteiger partial charge in [-0.1, -0.05) is 43.6 Å². The van der Waals surface area contributed by atoms with Crippen LogP contribution in [0.2, 0.25) is 0 Å². The highest BCUT2D eigenvalue weighted by Crippen LogP contribution is 2.60. The zero-order valence-electron chi connectivity index (χ0n) is 18.2. The Hall–Kier alpha value is -1.43. The molecular formula is C27H50O6. The molecule has 0 radical (unpaired) electrons. The van der Waals surface area contributed by atoms with Crippen molar-refractivity contribution in [3.8, 4) is 0 Å². The molecule has 4 rings (SSSR count). The van der Waals surface area contributed by atoms with Crippen LogP contribution < -0.4 is 0 Å². The molecule has 33 heavy (non-hydrogen) atoms. The second-order valence-corrected chi connectivity index (χ2v) is 10.7. The molecule has 9 atom stereocenters. The Morgan fingerprint density at radius 3 is 2.12 bits per heavy atom. The smallest absolute Gasteiger partial charge is 0.320 e. The molecule has 4 fully saturated rings. The quantitative estimate of drug-likeness (QED) is 0.377. The lowest BCUT2D eigenvalue weighted by molar-refractivity contribution is -0.164. The number of fused-ring (bicyclic) bond motifs is 2. The molecule has 0 aromatic rings. The highest BCUT2D eigenvalue weighted by Gasteiger charge is 2.62. The molecule has 6 heteroatoms. The summed E-state index contributed by atoms with van der Waals surface area (Å²) in [5, 5.41) is 0. The van der Waals surface area contributed by atoms with E-state index in [1.807, 2.05) is 20.8 Å². The highest BCUT2D eigenvalue weighted by molar-refractivity contribution is 5.97. The van der Waals surface area contributed by atoms with Gasteiger partial charge < -0.3 is 14.2 Å². The second kappa shape index (κ2) is 11.3. The summed E-state index contributed by atoms with van der Waals surface area (Å²) < 4.78 is 16.8. The van der Waals surface area contributed by atoms with E-state index in [0.717, 1.165) is 25.7 Å². The van der Waals surface area contributed by atoms with E-state index in [1.165, 1.54) is 0 Å². The lowest BCUT2D eigenvalue weighted by atomic mass is 9.65. The van der Waals surface area contributed by atoms with Crippen molar-refractivity contribution in [2.45, 2.75) is 102 Å². The Morgan fingerprint density at radius 1 is 0.970 bits per heavy atom. The number of cyclic esters (lactones) is 2. The standard InChI is InChI=1S/C23H34O6.4CH4/c1-11-7-6-8-27-19(11)18-17(21(25)28-22(18)26)16-12(2)14-9-13(16)10-15(14)20(24)29-23(3,4)5;;;;/h11-19H,6-10H2,1-5H3;4*1H4. The van der Waals surface area contributed by atoms with Crippen LogP contribution in [0.15, 0.2) is 0 Å². The van der Waals surface area contributed by atoms with Crippen LogP contribution >= 0.6 is 0 Å². The van der Waals surface area contributed by atoms with E-state index in [0.29, 0.717) is 6.61 Å². The van der Waals surface area contributed by atoms with Crippen LogP contribution in [0.3, 0.4) is 0 Å². The Labute approximate surface area is 202 Å². The minimum atomic E-state index is -0.510. The van der Waals surface area contributed by atoms with Gasteiger partial charge in [0.15, 0.2) is 0 Å². The molecule has 2 saturated heterocycles. The van der Waals surface area contributed by atoms with Crippen molar-refractivity contribution < 1.29 is 28.6 Å². The molecule has 0 aromatic heterocycles. The average Bonchev–Trinajstić information content (AvgIpc) is 3.25. The van der Waals surface area contributed by atoms with Crippen LogP contribution in [0.1, 0.15) is 90.0 Å². The molecule has 0 spiro atoms. The maximum Gasteiger partial charge on any atom is 0.320 e. The first-order valence-corrected chi connectivity index (χ1v) is 11.2. The summed E-state index contributed by atoms with van der Waals surface area (Å²) in [7, 11) is 0. The van der Waals surface area contributed by atoms with Crippen molar-refractivity contribution in [1.29, 1.82) is 0 Å². The van der Waals surface area contributed by atoms with Crippen LogP contribution in [0.5, 0.6) is 0 Å². The van der Waals surface area contributed by atoms with Gasteiger partial charge in [-0.15, -0.1) is 0 Å². The molecular weight excluding hydrogens is 420 g/mol. The van der Waals surface area contributed by atoms with Crippen molar-refractivity contribution in [3.05, 3.63) is 0 Å². The summed E-state index contributed by atoms with van der Waals surface area (Å²) >= 11 is 0. The first-order chi connectivity index (χ1) is 13.6. The average molecular weight is 471 g/mol. The van der Waals surface area contributed by atoms with Crippen molar-refractivity contribution in [3.63, 3.8) is 0 Å². The molecule has 2 heterocycles. The summed E-state index contributed by atoms with van der Waals surface area (Å²) in [6, 6.07) is 0. The summed E-state index contributed by atoms with van der Waals surface area (Å²) in [4.78, 5) is 38.1. The summed E-state index contributed by atoms with van der Waals surface area (Å²) in [6.07, 6.45) is 3.39. The fourth-order valence-electron chi connectivity index (χ4n) is 6.66. The third-order valence-corrected chi connectivity index (χ3v) is 7.76. The van der Waals surface area contributed by atoms with Gasteiger partial charge in [0.25, 0.3) is 0 Å². The topological polar surface area (TPSA) is 78.9 Å². The third kappa shape index (κ3) is 5.63. The SMILES string of the molecule is C.C.C.C.CC1CCCOC1C1C(=O)OC(=O)C1C1C2CC(C(=O)OC(C)(C)C)C(C2)C1C. The number of rotatable bonds is 3. The van der Waals surface area contributed by atoms with Gasteiger partial charge in [-0.05, 0) is 76.0 Å². The van der Waals surface area contributed by atoms with E-state index in [4.69, 9.17) is 14.2 Å². The van der Waals surface area contributed by atoms with Gasteiger partial charge in [-0.25, -0.2) is 0 Å². The molecule has 4 aliphatic rings. The van der Waals surface area contributed by atoms with E-state index < -0.39 is 23.4 Å². The van der Waals surface area contributed by atoms with Gasteiger partial charge in [0.1, 0.15) is 5.60 Å². The molecule has 0 aromatic carbocycles. The summed E-state index contributed by atoms with van der Waals surface area (Å²) in [5.74, 6) is -1.07. The lowest BCUT2D eigenvalue weighted by Gasteiger charge is -2.40. The molecule has 2 bridgehead atoms. The Balaban J connectivity index is 0.00000256. The van der Waals surface area contributed by atoms with Gasteiger partial charge >= 0.3 is 17.9 Å². The van der Waals surface area contributed by atoms with Crippen molar-refractivity contribution >= 4 is 17.9 Å². The Kier molecular flexibility index (Phi) is 10.8. The number of hydrogen-bond acceptors (Lipinski definition) is 6. The first-order valence-electron chi connectivity index (χ1n) is 11.2. The van der Waals surface area contributed by atoms with Gasteiger partial charge in [0.2, 0.25) is 0 Å². The molecule has 0 N–H and O–H groups in total. The van der Waals surface area contributed by atoms with Gasteiger partial charge in [-0.3, -0.25) is 14.4 Å². The first kappa shape index (κ1) is 31.6. The number of carbonyl (C=O) groups excluding carboxylic acids is 3. The van der Waals surface area contributed by atoms with E-state index in [1.54, 1.807) is 0 Å². The number of carbonyl (C=O) groups is 3. The minimum Gasteiger partial charge on any atom is -0.460 e. The zero-order valence-corrected chi connectivity index (χ0v) is 18.2. The van der Waals surface area contributed by atoms with E-state index in [9.17, 15) is 14.4 Å². The normalized spacial score (nSPS) is 39.4. The lowest BCUT2D eigenvalue weighted by Crippen LogP contribution is -2.45. The van der Waals surface area contributed by atoms with Crippen molar-refractivity contribution in [1.82, 2.24) is 0 Å². The fourth-order valence-corrected chi connectivity index (χ4v) is 6.66. The van der Waals surface area contributed by atoms with Crippen LogP contribution in [0, 0.1) is 47.3 Å². The molecule has 6 nitrogen and oxygen atoms in total. The van der Waals surface area contributed by atoms with Crippen LogP contribution in [-0.4, -0.2) is 36.2 Å². The van der Waals surface area contributed by atoms with E-state index in [-0.39, 0.29) is 83.3 Å². The van der Waals surface area contributed by atoms with Gasteiger partial charge in [0, 0.05) is 6.61 Å². The second-order valence-electron chi connectivity index (χ2n) is 10.7. The molecule has 2 aliphatic carbocycles. The van der Waals surface area contributed by atoms with E-state index in [2.05, 4.69) is 13.8 Å². The van der Waals surface area contributed by atoms with Crippen molar-refractivity contribution in [2.24, 2.45) is 47.3 Å². The predicted molar refractivity (Wildman–Crippen MR) is 131 cm³/mol. The Bertz CT molecular complexity index is 693. The highest BCUT2D eigenvalue weighted by atomic mass is 16.6. The summed E-state index contributed by atoms with van der Waals surface area (Å²) in [5.41, 5.74) is -0.497. The fraction of sp³-hybridized carbons (Fsp3) is 0.889. The van der Waals surface area contributed by atoms with E-state index >= 15 is 0 Å². The predicted octanol–water partition coefficient (Wildman–Crippen LogP) is 5.91. The maximum absolute atomic E-state index is 12.8. The van der Waals surface area contributed by atoms with Crippen LogP contribution in [0.4, 0.5) is 0 Å². The molecule has 2 saturated carbocycles. The van der Waals surface area contributed by atoms with Gasteiger partial charge in [-0.2, -0.15) is 0 Å². The maximum atomic E-state index is 12.8. The molecule has 0 amide bonds. The largest absolute Gasteiger partial charge is 0.460 e. The number of esters is 3. The number of ether oxygens (including phenoxy) is 3.